The molecule has 1 aromatic rings. The van der Waals surface area contributed by atoms with Gasteiger partial charge in [0.05, 0.1) is 0 Å². The molecule has 0 radical (unpaired) electrons. The van der Waals surface area contributed by atoms with E-state index < -0.39 is 0 Å². The van der Waals surface area contributed by atoms with Gasteiger partial charge in [-0.1, -0.05) is 30.7 Å². The van der Waals surface area contributed by atoms with Crippen LogP contribution in [0.4, 0.5) is 0 Å². The second-order valence-electron chi connectivity index (χ2n) is 7.98. The van der Waals surface area contributed by atoms with Crippen molar-refractivity contribution in [2.75, 3.05) is 39.9 Å². The molecule has 3 rings (SSSR count). The van der Waals surface area contributed by atoms with E-state index in [0.29, 0.717) is 12.0 Å². The Morgan fingerprint density at radius 2 is 2.04 bits per heavy atom. The number of rotatable bonds is 8. The highest BCUT2D eigenvalue weighted by molar-refractivity contribution is 5.85. The molecule has 0 bridgehead atoms. The number of aliphatic imine (C=N–C) groups is 1. The largest absolute Gasteiger partial charge is 0.385 e. The van der Waals surface area contributed by atoms with E-state index in [2.05, 4.69) is 33.8 Å². The van der Waals surface area contributed by atoms with Crippen LogP contribution < -0.4 is 10.6 Å². The van der Waals surface area contributed by atoms with Crippen molar-refractivity contribution in [3.63, 3.8) is 0 Å². The van der Waals surface area contributed by atoms with E-state index in [1.165, 1.54) is 30.4 Å². The van der Waals surface area contributed by atoms with Gasteiger partial charge in [-0.15, -0.1) is 0 Å². The number of amides is 1. The molecule has 0 unspecified atom stereocenters. The molecule has 0 saturated heterocycles. The lowest BCUT2D eigenvalue weighted by Crippen LogP contribution is -2.47. The molecular weight excluding hydrogens is 352 g/mol. The number of guanidine groups is 1. The van der Waals surface area contributed by atoms with E-state index in [0.717, 1.165) is 45.0 Å². The summed E-state index contributed by atoms with van der Waals surface area (Å²) in [5.41, 5.74) is 2.92. The van der Waals surface area contributed by atoms with Crippen LogP contribution in [-0.4, -0.2) is 56.7 Å². The lowest BCUT2D eigenvalue weighted by atomic mass is 9.67. The number of hydrogen-bond acceptors (Lipinski definition) is 3. The first-order chi connectivity index (χ1) is 13.7. The number of methoxy groups -OCH3 is 1. The van der Waals surface area contributed by atoms with Crippen LogP contribution in [0.2, 0.25) is 0 Å². The van der Waals surface area contributed by atoms with E-state index in [-0.39, 0.29) is 12.5 Å². The van der Waals surface area contributed by atoms with Crippen LogP contribution in [0.25, 0.3) is 0 Å². The highest BCUT2D eigenvalue weighted by Crippen LogP contribution is 2.43. The number of ether oxygens (including phenoxy) is 1. The minimum absolute atomic E-state index is 0.0875. The summed E-state index contributed by atoms with van der Waals surface area (Å²) in [7, 11) is 1.76. The second-order valence-corrected chi connectivity index (χ2v) is 7.98. The molecule has 6 nitrogen and oxygen atoms in total. The van der Waals surface area contributed by atoms with Crippen LogP contribution in [0.5, 0.6) is 0 Å². The number of hydrogen-bond donors (Lipinski definition) is 2. The fourth-order valence-corrected chi connectivity index (χ4v) is 4.08. The molecule has 1 saturated carbocycles. The minimum Gasteiger partial charge on any atom is -0.385 e. The van der Waals surface area contributed by atoms with Crippen molar-refractivity contribution >= 4 is 11.9 Å². The molecule has 1 amide bonds. The summed E-state index contributed by atoms with van der Waals surface area (Å²) >= 11 is 0. The van der Waals surface area contributed by atoms with E-state index >= 15 is 0 Å². The van der Waals surface area contributed by atoms with Crippen LogP contribution in [0.3, 0.4) is 0 Å². The molecule has 0 aromatic heterocycles. The standard InChI is InChI=1S/C22H34N4O2/c1-3-23-21(25-17-22(10-6-11-22)12-14-28-2)24-15-20(27)26-13-9-18-7-4-5-8-19(18)16-26/h4-5,7-8H,3,6,9-17H2,1-2H3,(H2,23,24,25). The smallest absolute Gasteiger partial charge is 0.244 e. The van der Waals surface area contributed by atoms with Gasteiger partial charge in [-0.3, -0.25) is 4.79 Å². The first-order valence-electron chi connectivity index (χ1n) is 10.5. The molecule has 28 heavy (non-hydrogen) atoms. The molecule has 2 N–H and O–H groups in total. The molecule has 154 valence electrons. The van der Waals surface area contributed by atoms with E-state index in [4.69, 9.17) is 4.74 Å². The maximum absolute atomic E-state index is 12.7. The molecule has 1 aliphatic heterocycles. The van der Waals surface area contributed by atoms with Crippen LogP contribution in [0, 0.1) is 5.41 Å². The number of carbonyl (C=O) groups is 1. The van der Waals surface area contributed by atoms with Crippen molar-refractivity contribution in [3.05, 3.63) is 35.4 Å². The molecule has 2 aliphatic rings. The van der Waals surface area contributed by atoms with Gasteiger partial charge in [0.15, 0.2) is 5.96 Å². The van der Waals surface area contributed by atoms with Gasteiger partial charge in [-0.05, 0) is 49.1 Å². The zero-order valence-electron chi connectivity index (χ0n) is 17.3. The Balaban J connectivity index is 1.53. The maximum Gasteiger partial charge on any atom is 0.244 e. The fraction of sp³-hybridized carbons (Fsp3) is 0.636. The molecular formula is C22H34N4O2. The Kier molecular flexibility index (Phi) is 7.31. The van der Waals surface area contributed by atoms with Crippen LogP contribution in [-0.2, 0) is 22.5 Å². The summed E-state index contributed by atoms with van der Waals surface area (Å²) < 4.78 is 5.27. The second kappa shape index (κ2) is 9.92. The van der Waals surface area contributed by atoms with Gasteiger partial charge in [0.25, 0.3) is 0 Å². The molecule has 1 aromatic carbocycles. The maximum atomic E-state index is 12.7. The van der Waals surface area contributed by atoms with Gasteiger partial charge in [-0.2, -0.15) is 0 Å². The number of nitrogens with zero attached hydrogens (tertiary/aromatic N) is 2. The number of carbonyl (C=O) groups excluding carboxylic acids is 1. The lowest BCUT2D eigenvalue weighted by Gasteiger charge is -2.42. The summed E-state index contributed by atoms with van der Waals surface area (Å²) in [6.07, 6.45) is 5.74. The predicted octanol–water partition coefficient (Wildman–Crippen LogP) is 2.33. The van der Waals surface area contributed by atoms with E-state index in [1.807, 2.05) is 17.9 Å². The molecule has 1 aliphatic carbocycles. The monoisotopic (exact) mass is 386 g/mol. The quantitative estimate of drug-likeness (QED) is 0.532. The van der Waals surface area contributed by atoms with Crippen molar-refractivity contribution in [2.45, 2.75) is 45.6 Å². The molecule has 0 atom stereocenters. The number of nitrogens with one attached hydrogen (secondary N) is 2. The van der Waals surface area contributed by atoms with Crippen molar-refractivity contribution in [3.8, 4) is 0 Å². The van der Waals surface area contributed by atoms with E-state index in [1.54, 1.807) is 7.11 Å². The Bertz CT molecular complexity index is 685. The van der Waals surface area contributed by atoms with Gasteiger partial charge in [0.1, 0.15) is 6.54 Å². The normalized spacial score (nSPS) is 18.2. The van der Waals surface area contributed by atoms with Crippen molar-refractivity contribution in [1.82, 2.24) is 15.5 Å². The third-order valence-corrected chi connectivity index (χ3v) is 6.08. The third-order valence-electron chi connectivity index (χ3n) is 6.08. The van der Waals surface area contributed by atoms with Crippen LogP contribution in [0.1, 0.15) is 43.7 Å². The highest BCUT2D eigenvalue weighted by atomic mass is 16.5. The lowest BCUT2D eigenvalue weighted by molar-refractivity contribution is -0.130. The minimum atomic E-state index is 0.0875. The van der Waals surface area contributed by atoms with E-state index in [9.17, 15) is 4.79 Å². The summed E-state index contributed by atoms with van der Waals surface area (Å²) in [6, 6.07) is 8.37. The summed E-state index contributed by atoms with van der Waals surface area (Å²) in [5, 5.41) is 6.73. The molecule has 1 fully saturated rings. The van der Waals surface area contributed by atoms with Crippen molar-refractivity contribution in [1.29, 1.82) is 0 Å². The Morgan fingerprint density at radius 3 is 2.71 bits per heavy atom. The number of benzene rings is 1. The molecule has 1 heterocycles. The fourth-order valence-electron chi connectivity index (χ4n) is 4.08. The van der Waals surface area contributed by atoms with Gasteiger partial charge >= 0.3 is 0 Å². The third kappa shape index (κ3) is 5.25. The van der Waals surface area contributed by atoms with Crippen molar-refractivity contribution < 1.29 is 9.53 Å². The first-order valence-corrected chi connectivity index (χ1v) is 10.5. The van der Waals surface area contributed by atoms with Gasteiger partial charge in [0.2, 0.25) is 5.91 Å². The van der Waals surface area contributed by atoms with Crippen LogP contribution in [0.15, 0.2) is 29.3 Å². The van der Waals surface area contributed by atoms with Crippen LogP contribution >= 0.6 is 0 Å². The number of fused-ring (bicyclic) bond motifs is 1. The SMILES string of the molecule is CCNC(=NCC(=O)N1CCc2ccccc2C1)NCC1(CCOC)CCC1. The first kappa shape index (κ1) is 20.6. The van der Waals surface area contributed by atoms with Crippen molar-refractivity contribution in [2.24, 2.45) is 10.4 Å². The zero-order chi connectivity index (χ0) is 19.8. The zero-order valence-corrected chi connectivity index (χ0v) is 17.3. The topological polar surface area (TPSA) is 66.0 Å². The average Bonchev–Trinajstić information content (AvgIpc) is 2.70. The Hall–Kier alpha value is -2.08. The van der Waals surface area contributed by atoms with Gasteiger partial charge in [0, 0.05) is 39.9 Å². The highest BCUT2D eigenvalue weighted by Gasteiger charge is 2.36. The Morgan fingerprint density at radius 1 is 1.25 bits per heavy atom. The molecule has 6 heteroatoms. The molecule has 0 spiro atoms. The van der Waals surface area contributed by atoms with Gasteiger partial charge in [-0.25, -0.2) is 4.99 Å². The van der Waals surface area contributed by atoms with Gasteiger partial charge < -0.3 is 20.3 Å². The Labute approximate surface area is 168 Å². The average molecular weight is 387 g/mol. The predicted molar refractivity (Wildman–Crippen MR) is 112 cm³/mol. The summed E-state index contributed by atoms with van der Waals surface area (Å²) in [6.45, 7) is 6.15. The summed E-state index contributed by atoms with van der Waals surface area (Å²) in [4.78, 5) is 19.1. The summed E-state index contributed by atoms with van der Waals surface area (Å²) in [5.74, 6) is 0.821.